The van der Waals surface area contributed by atoms with Crippen molar-refractivity contribution in [2.75, 3.05) is 0 Å². The van der Waals surface area contributed by atoms with Crippen LogP contribution in [0.2, 0.25) is 0 Å². The normalized spacial score (nSPS) is 12.6. The molecule has 0 radical (unpaired) electrons. The number of benzene rings is 1. The van der Waals surface area contributed by atoms with Crippen LogP contribution in [0.3, 0.4) is 0 Å². The lowest BCUT2D eigenvalue weighted by atomic mass is 9.97. The summed E-state index contributed by atoms with van der Waals surface area (Å²) in [6.45, 7) is 3.83. The highest BCUT2D eigenvalue weighted by Crippen LogP contribution is 2.19. The van der Waals surface area contributed by atoms with E-state index in [9.17, 15) is 9.18 Å². The molecule has 0 aromatic heterocycles. The molecule has 1 unspecified atom stereocenters. The van der Waals surface area contributed by atoms with E-state index in [1.165, 1.54) is 18.2 Å². The van der Waals surface area contributed by atoms with E-state index in [1.807, 2.05) is 13.8 Å². The average Bonchev–Trinajstić information content (AvgIpc) is 2.20. The summed E-state index contributed by atoms with van der Waals surface area (Å²) in [5, 5.41) is 0. The highest BCUT2D eigenvalue weighted by Gasteiger charge is 2.14. The molecule has 0 aliphatic carbocycles. The van der Waals surface area contributed by atoms with Crippen LogP contribution in [0.4, 0.5) is 4.39 Å². The van der Waals surface area contributed by atoms with E-state index in [-0.39, 0.29) is 17.5 Å². The molecule has 1 rings (SSSR count). The Morgan fingerprint density at radius 1 is 1.57 bits per heavy atom. The maximum atomic E-state index is 12.9. The Morgan fingerprint density at radius 2 is 2.21 bits per heavy atom. The number of hydrogen-bond acceptors (Lipinski definition) is 1. The Bertz CT molecular complexity index is 349. The Balaban J connectivity index is 2.97. The lowest BCUT2D eigenvalue weighted by Gasteiger charge is -2.07. The molecular weight excluding hydrogens is 247 g/mol. The van der Waals surface area contributed by atoms with Gasteiger partial charge in [0.15, 0.2) is 5.78 Å². The third-order valence-electron chi connectivity index (χ3n) is 2.26. The zero-order chi connectivity index (χ0) is 10.7. The summed E-state index contributed by atoms with van der Waals surface area (Å²) in [5.74, 6) is -0.286. The quantitative estimate of drug-likeness (QED) is 0.754. The summed E-state index contributed by atoms with van der Waals surface area (Å²) in [6.07, 6.45) is 0.799. The molecule has 1 atom stereocenters. The SMILES string of the molecule is CCC(C)C(=O)c1ccc(F)c(Br)c1. The van der Waals surface area contributed by atoms with E-state index in [0.717, 1.165) is 6.42 Å². The van der Waals surface area contributed by atoms with Crippen molar-refractivity contribution in [2.45, 2.75) is 20.3 Å². The Hall–Kier alpha value is -0.700. The lowest BCUT2D eigenvalue weighted by Crippen LogP contribution is -2.10. The standard InChI is InChI=1S/C11H12BrFO/c1-3-7(2)11(14)8-4-5-10(13)9(12)6-8/h4-7H,3H2,1-2H3. The molecule has 3 heteroatoms. The minimum atomic E-state index is -0.342. The first-order valence-corrected chi connectivity index (χ1v) is 5.34. The van der Waals surface area contributed by atoms with Crippen LogP contribution in [0.1, 0.15) is 30.6 Å². The van der Waals surface area contributed by atoms with Crippen LogP contribution in [-0.2, 0) is 0 Å². The van der Waals surface area contributed by atoms with Gasteiger partial charge in [-0.15, -0.1) is 0 Å². The molecule has 0 N–H and O–H groups in total. The number of rotatable bonds is 3. The first kappa shape index (κ1) is 11.4. The third kappa shape index (κ3) is 2.41. The molecule has 1 aromatic rings. The Labute approximate surface area is 91.5 Å². The van der Waals surface area contributed by atoms with Gasteiger partial charge in [0.1, 0.15) is 5.82 Å². The van der Waals surface area contributed by atoms with E-state index in [0.29, 0.717) is 10.0 Å². The van der Waals surface area contributed by atoms with Gasteiger partial charge in [0.25, 0.3) is 0 Å². The number of carbonyl (C=O) groups is 1. The molecule has 0 saturated carbocycles. The van der Waals surface area contributed by atoms with Crippen LogP contribution in [0, 0.1) is 11.7 Å². The molecule has 76 valence electrons. The predicted molar refractivity (Wildman–Crippen MR) is 57.9 cm³/mol. The minimum absolute atomic E-state index is 0.00707. The Kier molecular flexibility index (Phi) is 3.81. The van der Waals surface area contributed by atoms with Gasteiger partial charge in [-0.2, -0.15) is 0 Å². The highest BCUT2D eigenvalue weighted by atomic mass is 79.9. The summed E-state index contributed by atoms with van der Waals surface area (Å²) in [4.78, 5) is 11.7. The van der Waals surface area contributed by atoms with Crippen LogP contribution in [-0.4, -0.2) is 5.78 Å². The van der Waals surface area contributed by atoms with Crippen LogP contribution in [0.25, 0.3) is 0 Å². The molecule has 0 spiro atoms. The van der Waals surface area contributed by atoms with Crippen molar-refractivity contribution in [1.82, 2.24) is 0 Å². The molecular formula is C11H12BrFO. The Morgan fingerprint density at radius 3 is 2.71 bits per heavy atom. The van der Waals surface area contributed by atoms with E-state index in [4.69, 9.17) is 0 Å². The van der Waals surface area contributed by atoms with Crippen LogP contribution in [0.15, 0.2) is 22.7 Å². The summed E-state index contributed by atoms with van der Waals surface area (Å²) in [6, 6.07) is 4.36. The number of carbonyl (C=O) groups excluding carboxylic acids is 1. The second-order valence-corrected chi connectivity index (χ2v) is 4.16. The highest BCUT2D eigenvalue weighted by molar-refractivity contribution is 9.10. The summed E-state index contributed by atoms with van der Waals surface area (Å²) in [7, 11) is 0. The van der Waals surface area contributed by atoms with Gasteiger partial charge in [-0.3, -0.25) is 4.79 Å². The first-order chi connectivity index (χ1) is 6.56. The van der Waals surface area contributed by atoms with Gasteiger partial charge in [0.05, 0.1) is 4.47 Å². The van der Waals surface area contributed by atoms with Crippen molar-refractivity contribution in [3.63, 3.8) is 0 Å². The van der Waals surface area contributed by atoms with Gasteiger partial charge in [0, 0.05) is 11.5 Å². The molecule has 0 fully saturated rings. The van der Waals surface area contributed by atoms with Crippen molar-refractivity contribution in [1.29, 1.82) is 0 Å². The summed E-state index contributed by atoms with van der Waals surface area (Å²) in [5.41, 5.74) is 0.563. The minimum Gasteiger partial charge on any atom is -0.294 e. The number of halogens is 2. The van der Waals surface area contributed by atoms with Gasteiger partial charge in [-0.05, 0) is 40.5 Å². The van der Waals surface area contributed by atoms with Crippen LogP contribution >= 0.6 is 15.9 Å². The first-order valence-electron chi connectivity index (χ1n) is 4.55. The third-order valence-corrected chi connectivity index (χ3v) is 2.87. The smallest absolute Gasteiger partial charge is 0.165 e. The van der Waals surface area contributed by atoms with Crippen molar-refractivity contribution < 1.29 is 9.18 Å². The number of hydrogen-bond donors (Lipinski definition) is 0. The molecule has 0 aliphatic rings. The molecule has 0 saturated heterocycles. The fraction of sp³-hybridized carbons (Fsp3) is 0.364. The second kappa shape index (κ2) is 4.69. The van der Waals surface area contributed by atoms with Crippen molar-refractivity contribution in [3.05, 3.63) is 34.1 Å². The van der Waals surface area contributed by atoms with Gasteiger partial charge in [-0.25, -0.2) is 4.39 Å². The maximum Gasteiger partial charge on any atom is 0.165 e. The van der Waals surface area contributed by atoms with Gasteiger partial charge >= 0.3 is 0 Å². The summed E-state index contributed by atoms with van der Waals surface area (Å²) >= 11 is 3.06. The monoisotopic (exact) mass is 258 g/mol. The zero-order valence-electron chi connectivity index (χ0n) is 8.18. The summed E-state index contributed by atoms with van der Waals surface area (Å²) < 4.78 is 13.2. The van der Waals surface area contributed by atoms with Gasteiger partial charge < -0.3 is 0 Å². The van der Waals surface area contributed by atoms with Crippen LogP contribution < -0.4 is 0 Å². The lowest BCUT2D eigenvalue weighted by molar-refractivity contribution is 0.0927. The van der Waals surface area contributed by atoms with E-state index < -0.39 is 0 Å². The predicted octanol–water partition coefficient (Wildman–Crippen LogP) is 3.82. The van der Waals surface area contributed by atoms with Gasteiger partial charge in [0.2, 0.25) is 0 Å². The van der Waals surface area contributed by atoms with Gasteiger partial charge in [-0.1, -0.05) is 13.8 Å². The molecule has 14 heavy (non-hydrogen) atoms. The average molecular weight is 259 g/mol. The largest absolute Gasteiger partial charge is 0.294 e. The van der Waals surface area contributed by atoms with Crippen molar-refractivity contribution in [2.24, 2.45) is 5.92 Å². The second-order valence-electron chi connectivity index (χ2n) is 3.30. The van der Waals surface area contributed by atoms with E-state index in [1.54, 1.807) is 0 Å². The van der Waals surface area contributed by atoms with Crippen LogP contribution in [0.5, 0.6) is 0 Å². The molecule has 1 aromatic carbocycles. The molecule has 1 nitrogen and oxygen atoms in total. The van der Waals surface area contributed by atoms with Crippen molar-refractivity contribution in [3.8, 4) is 0 Å². The molecule has 0 bridgehead atoms. The molecule has 0 aliphatic heterocycles. The molecule has 0 amide bonds. The van der Waals surface area contributed by atoms with Crippen molar-refractivity contribution >= 4 is 21.7 Å². The maximum absolute atomic E-state index is 12.9. The zero-order valence-corrected chi connectivity index (χ0v) is 9.77. The molecule has 0 heterocycles. The fourth-order valence-electron chi connectivity index (χ4n) is 1.12. The topological polar surface area (TPSA) is 17.1 Å². The number of Topliss-reactive ketones (excluding diaryl/α,β-unsaturated/α-hetero) is 1. The van der Waals surface area contributed by atoms with E-state index >= 15 is 0 Å². The number of ketones is 1. The fourth-order valence-corrected chi connectivity index (χ4v) is 1.50. The van der Waals surface area contributed by atoms with E-state index in [2.05, 4.69) is 15.9 Å².